The average molecular weight is 188 g/mol. The van der Waals surface area contributed by atoms with E-state index in [0.717, 1.165) is 4.34 Å². The Morgan fingerprint density at radius 3 is 2.82 bits per heavy atom. The first-order valence-electron chi connectivity index (χ1n) is 3.33. The molecular formula is C8H10ClNS. The van der Waals surface area contributed by atoms with E-state index in [1.165, 1.54) is 4.88 Å². The summed E-state index contributed by atoms with van der Waals surface area (Å²) in [5.41, 5.74) is 0. The molecule has 1 atom stereocenters. The second-order valence-electron chi connectivity index (χ2n) is 2.14. The van der Waals surface area contributed by atoms with Crippen molar-refractivity contribution in [2.24, 2.45) is 0 Å². The maximum atomic E-state index is 5.77. The Hall–Kier alpha value is -0.310. The van der Waals surface area contributed by atoms with Gasteiger partial charge in [-0.25, -0.2) is 0 Å². The minimum atomic E-state index is 0.229. The molecule has 1 aromatic heterocycles. The monoisotopic (exact) mass is 187 g/mol. The van der Waals surface area contributed by atoms with Crippen molar-refractivity contribution in [2.45, 2.75) is 6.04 Å². The Balaban J connectivity index is 2.81. The molecule has 1 aromatic rings. The van der Waals surface area contributed by atoms with Gasteiger partial charge in [0.05, 0.1) is 10.4 Å². The van der Waals surface area contributed by atoms with Gasteiger partial charge in [-0.2, -0.15) is 0 Å². The van der Waals surface area contributed by atoms with E-state index < -0.39 is 0 Å². The predicted molar refractivity (Wildman–Crippen MR) is 51.3 cm³/mol. The Morgan fingerprint density at radius 2 is 2.45 bits per heavy atom. The van der Waals surface area contributed by atoms with Crippen LogP contribution in [-0.2, 0) is 0 Å². The van der Waals surface area contributed by atoms with E-state index in [-0.39, 0.29) is 6.04 Å². The Kier molecular flexibility index (Phi) is 3.12. The zero-order chi connectivity index (χ0) is 8.27. The van der Waals surface area contributed by atoms with E-state index in [4.69, 9.17) is 11.6 Å². The molecule has 0 fully saturated rings. The number of rotatable bonds is 3. The summed E-state index contributed by atoms with van der Waals surface area (Å²) in [5, 5.41) is 3.12. The molecule has 0 saturated carbocycles. The number of nitrogens with one attached hydrogen (secondary N) is 1. The van der Waals surface area contributed by atoms with Gasteiger partial charge in [0, 0.05) is 4.88 Å². The van der Waals surface area contributed by atoms with E-state index in [1.807, 2.05) is 25.3 Å². The van der Waals surface area contributed by atoms with Gasteiger partial charge in [0.15, 0.2) is 0 Å². The standard InChI is InChI=1S/C8H10ClNS/c1-3-6(10-2)7-4-5-8(9)11-7/h3-6,10H,1H2,2H3. The molecule has 1 heterocycles. The van der Waals surface area contributed by atoms with Crippen molar-refractivity contribution < 1.29 is 0 Å². The fraction of sp³-hybridized carbons (Fsp3) is 0.250. The normalized spacial score (nSPS) is 12.9. The molecular weight excluding hydrogens is 178 g/mol. The Bertz CT molecular complexity index is 244. The number of halogens is 1. The zero-order valence-corrected chi connectivity index (χ0v) is 7.88. The van der Waals surface area contributed by atoms with Crippen molar-refractivity contribution >= 4 is 22.9 Å². The van der Waals surface area contributed by atoms with E-state index >= 15 is 0 Å². The van der Waals surface area contributed by atoms with Gasteiger partial charge in [-0.3, -0.25) is 0 Å². The van der Waals surface area contributed by atoms with Crippen LogP contribution in [0, 0.1) is 0 Å². The van der Waals surface area contributed by atoms with E-state index in [9.17, 15) is 0 Å². The number of likely N-dealkylation sites (N-methyl/N-ethyl adjacent to an activating group) is 1. The van der Waals surface area contributed by atoms with Gasteiger partial charge in [-0.1, -0.05) is 17.7 Å². The lowest BCUT2D eigenvalue weighted by molar-refractivity contribution is 0.729. The average Bonchev–Trinajstić information content (AvgIpc) is 2.39. The van der Waals surface area contributed by atoms with E-state index in [0.29, 0.717) is 0 Å². The summed E-state index contributed by atoms with van der Waals surface area (Å²) in [4.78, 5) is 1.20. The van der Waals surface area contributed by atoms with Crippen LogP contribution in [0.1, 0.15) is 10.9 Å². The summed E-state index contributed by atoms with van der Waals surface area (Å²) in [6.07, 6.45) is 1.86. The number of hydrogen-bond donors (Lipinski definition) is 1. The summed E-state index contributed by atoms with van der Waals surface area (Å²) in [6, 6.07) is 4.14. The minimum absolute atomic E-state index is 0.229. The lowest BCUT2D eigenvalue weighted by Crippen LogP contribution is -2.11. The van der Waals surface area contributed by atoms with Crippen LogP contribution >= 0.6 is 22.9 Å². The van der Waals surface area contributed by atoms with Crippen molar-refractivity contribution in [1.29, 1.82) is 0 Å². The largest absolute Gasteiger partial charge is 0.309 e. The molecule has 0 aromatic carbocycles. The molecule has 0 radical (unpaired) electrons. The molecule has 0 amide bonds. The third-order valence-electron chi connectivity index (χ3n) is 1.45. The molecule has 0 saturated heterocycles. The van der Waals surface area contributed by atoms with Gasteiger partial charge in [0.1, 0.15) is 0 Å². The first-order chi connectivity index (χ1) is 5.27. The van der Waals surface area contributed by atoms with Crippen LogP contribution in [-0.4, -0.2) is 7.05 Å². The third-order valence-corrected chi connectivity index (χ3v) is 2.76. The summed E-state index contributed by atoms with van der Waals surface area (Å²) in [7, 11) is 1.90. The van der Waals surface area contributed by atoms with Gasteiger partial charge in [-0.15, -0.1) is 17.9 Å². The first kappa shape index (κ1) is 8.78. The summed E-state index contributed by atoms with van der Waals surface area (Å²) in [5.74, 6) is 0. The van der Waals surface area contributed by atoms with Crippen LogP contribution in [0.25, 0.3) is 0 Å². The van der Waals surface area contributed by atoms with Crippen molar-refractivity contribution in [3.8, 4) is 0 Å². The molecule has 0 aliphatic heterocycles. The van der Waals surface area contributed by atoms with Gasteiger partial charge >= 0.3 is 0 Å². The molecule has 0 bridgehead atoms. The van der Waals surface area contributed by atoms with Crippen LogP contribution in [0.2, 0.25) is 4.34 Å². The van der Waals surface area contributed by atoms with Gasteiger partial charge in [0.25, 0.3) is 0 Å². The van der Waals surface area contributed by atoms with Crippen molar-refractivity contribution in [2.75, 3.05) is 7.05 Å². The van der Waals surface area contributed by atoms with E-state index in [1.54, 1.807) is 11.3 Å². The van der Waals surface area contributed by atoms with Crippen LogP contribution in [0.4, 0.5) is 0 Å². The van der Waals surface area contributed by atoms with Crippen molar-refractivity contribution in [3.05, 3.63) is 34.0 Å². The maximum Gasteiger partial charge on any atom is 0.0931 e. The highest BCUT2D eigenvalue weighted by molar-refractivity contribution is 7.16. The summed E-state index contributed by atoms with van der Waals surface area (Å²) >= 11 is 7.35. The third kappa shape index (κ3) is 2.06. The van der Waals surface area contributed by atoms with Gasteiger partial charge in [0.2, 0.25) is 0 Å². The molecule has 0 aliphatic rings. The molecule has 3 heteroatoms. The molecule has 1 N–H and O–H groups in total. The summed E-state index contributed by atoms with van der Waals surface area (Å²) in [6.45, 7) is 3.72. The van der Waals surface area contributed by atoms with Crippen molar-refractivity contribution in [1.82, 2.24) is 5.32 Å². The van der Waals surface area contributed by atoms with Crippen LogP contribution in [0.5, 0.6) is 0 Å². The molecule has 1 nitrogen and oxygen atoms in total. The fourth-order valence-electron chi connectivity index (χ4n) is 0.872. The second-order valence-corrected chi connectivity index (χ2v) is 3.89. The smallest absolute Gasteiger partial charge is 0.0931 e. The topological polar surface area (TPSA) is 12.0 Å². The molecule has 1 rings (SSSR count). The Morgan fingerprint density at radius 1 is 1.73 bits per heavy atom. The molecule has 11 heavy (non-hydrogen) atoms. The molecule has 0 aliphatic carbocycles. The lowest BCUT2D eigenvalue weighted by Gasteiger charge is -2.06. The summed E-state index contributed by atoms with van der Waals surface area (Å²) < 4.78 is 0.821. The molecule has 0 spiro atoms. The number of hydrogen-bond acceptors (Lipinski definition) is 2. The fourth-order valence-corrected chi connectivity index (χ4v) is 2.04. The molecule has 60 valence electrons. The highest BCUT2D eigenvalue weighted by atomic mass is 35.5. The molecule has 1 unspecified atom stereocenters. The minimum Gasteiger partial charge on any atom is -0.309 e. The van der Waals surface area contributed by atoms with Crippen LogP contribution < -0.4 is 5.32 Å². The maximum absolute atomic E-state index is 5.77. The van der Waals surface area contributed by atoms with E-state index in [2.05, 4.69) is 11.9 Å². The highest BCUT2D eigenvalue weighted by Gasteiger charge is 2.05. The second kappa shape index (κ2) is 3.90. The SMILES string of the molecule is C=CC(NC)c1ccc(Cl)s1. The van der Waals surface area contributed by atoms with Crippen molar-refractivity contribution in [3.63, 3.8) is 0 Å². The Labute approximate surface area is 75.7 Å². The van der Waals surface area contributed by atoms with Crippen LogP contribution in [0.3, 0.4) is 0 Å². The quantitative estimate of drug-likeness (QED) is 0.718. The highest BCUT2D eigenvalue weighted by Crippen LogP contribution is 2.26. The number of thiophene rings is 1. The predicted octanol–water partition coefficient (Wildman–Crippen LogP) is 2.85. The van der Waals surface area contributed by atoms with Gasteiger partial charge in [-0.05, 0) is 19.2 Å². The first-order valence-corrected chi connectivity index (χ1v) is 4.52. The zero-order valence-electron chi connectivity index (χ0n) is 6.30. The lowest BCUT2D eigenvalue weighted by atomic mass is 10.2. The van der Waals surface area contributed by atoms with Gasteiger partial charge < -0.3 is 5.32 Å². The van der Waals surface area contributed by atoms with Crippen LogP contribution in [0.15, 0.2) is 24.8 Å².